The van der Waals surface area contributed by atoms with Gasteiger partial charge in [-0.2, -0.15) is 0 Å². The first-order valence-electron chi connectivity index (χ1n) is 3.35. The fourth-order valence-corrected chi connectivity index (χ4v) is 1.61. The van der Waals surface area contributed by atoms with Gasteiger partial charge in [-0.05, 0) is 24.6 Å². The normalized spacial score (nSPS) is 13.0. The third-order valence-corrected chi connectivity index (χ3v) is 2.16. The molecule has 0 heterocycles. The van der Waals surface area contributed by atoms with Gasteiger partial charge in [0.05, 0.1) is 0 Å². The zero-order valence-electron chi connectivity index (χ0n) is 6.21. The maximum Gasteiger partial charge on any atom is 0.116 e. The van der Waals surface area contributed by atoms with Crippen LogP contribution in [0.5, 0.6) is 5.75 Å². The van der Waals surface area contributed by atoms with Gasteiger partial charge in [-0.15, -0.1) is 0 Å². The number of halogens is 1. The maximum atomic E-state index is 9.05. The zero-order chi connectivity index (χ0) is 8.43. The van der Waals surface area contributed by atoms with Gasteiger partial charge in [-0.25, -0.2) is 0 Å². The van der Waals surface area contributed by atoms with E-state index in [2.05, 4.69) is 15.9 Å². The molecule has 0 aliphatic rings. The van der Waals surface area contributed by atoms with Crippen LogP contribution in [-0.2, 0) is 0 Å². The lowest BCUT2D eigenvalue weighted by atomic mass is 10.1. The number of nitrogens with two attached hydrogens (primary N) is 1. The molecular weight excluding hydrogens is 206 g/mol. The van der Waals surface area contributed by atoms with E-state index >= 15 is 0 Å². The van der Waals surface area contributed by atoms with Crippen molar-refractivity contribution in [3.63, 3.8) is 0 Å². The van der Waals surface area contributed by atoms with Gasteiger partial charge in [0, 0.05) is 10.5 Å². The Kier molecular flexibility index (Phi) is 2.52. The minimum Gasteiger partial charge on any atom is -0.508 e. The van der Waals surface area contributed by atoms with Gasteiger partial charge in [0.15, 0.2) is 0 Å². The number of hydrogen-bond acceptors (Lipinski definition) is 2. The van der Waals surface area contributed by atoms with Crippen LogP contribution in [0.4, 0.5) is 0 Å². The molecule has 0 aromatic heterocycles. The molecule has 0 saturated heterocycles. The molecule has 2 nitrogen and oxygen atoms in total. The highest BCUT2D eigenvalue weighted by atomic mass is 79.9. The summed E-state index contributed by atoms with van der Waals surface area (Å²) in [5, 5.41) is 9.05. The summed E-state index contributed by atoms with van der Waals surface area (Å²) in [6.45, 7) is 1.90. The van der Waals surface area contributed by atoms with Crippen molar-refractivity contribution in [2.75, 3.05) is 0 Å². The lowest BCUT2D eigenvalue weighted by Gasteiger charge is -2.07. The molecule has 3 N–H and O–H groups in total. The molecule has 0 spiro atoms. The third kappa shape index (κ3) is 1.94. The number of hydrogen-bond donors (Lipinski definition) is 2. The Morgan fingerprint density at radius 1 is 1.55 bits per heavy atom. The molecule has 0 aliphatic heterocycles. The summed E-state index contributed by atoms with van der Waals surface area (Å²) >= 11 is 3.31. The second-order valence-corrected chi connectivity index (χ2v) is 3.35. The third-order valence-electron chi connectivity index (χ3n) is 1.47. The van der Waals surface area contributed by atoms with E-state index in [1.54, 1.807) is 12.1 Å². The van der Waals surface area contributed by atoms with E-state index in [9.17, 15) is 0 Å². The quantitative estimate of drug-likeness (QED) is 0.755. The van der Waals surface area contributed by atoms with Gasteiger partial charge in [0.1, 0.15) is 5.75 Å². The monoisotopic (exact) mass is 215 g/mol. The lowest BCUT2D eigenvalue weighted by molar-refractivity contribution is 0.474. The van der Waals surface area contributed by atoms with Crippen LogP contribution >= 0.6 is 15.9 Å². The molecule has 1 unspecified atom stereocenters. The van der Waals surface area contributed by atoms with Gasteiger partial charge in [0.2, 0.25) is 0 Å². The lowest BCUT2D eigenvalue weighted by Crippen LogP contribution is -2.05. The highest BCUT2D eigenvalue weighted by molar-refractivity contribution is 9.10. The van der Waals surface area contributed by atoms with E-state index in [-0.39, 0.29) is 11.8 Å². The highest BCUT2D eigenvalue weighted by Gasteiger charge is 2.04. The number of aromatic hydroxyl groups is 1. The van der Waals surface area contributed by atoms with Crippen molar-refractivity contribution in [3.8, 4) is 5.75 Å². The predicted octanol–water partition coefficient (Wildman–Crippen LogP) is 2.17. The Bertz CT molecular complexity index is 260. The van der Waals surface area contributed by atoms with Crippen molar-refractivity contribution < 1.29 is 5.11 Å². The minimum absolute atomic E-state index is 0.00928. The molecule has 0 amide bonds. The van der Waals surface area contributed by atoms with E-state index in [0.29, 0.717) is 0 Å². The Labute approximate surface area is 74.2 Å². The summed E-state index contributed by atoms with van der Waals surface area (Å²) in [7, 11) is 0. The van der Waals surface area contributed by atoms with Crippen LogP contribution in [0, 0.1) is 0 Å². The SMILES string of the molecule is CC(N)c1ccc(O)cc1Br. The molecule has 11 heavy (non-hydrogen) atoms. The molecule has 0 aliphatic carbocycles. The van der Waals surface area contributed by atoms with Crippen molar-refractivity contribution in [1.82, 2.24) is 0 Å². The van der Waals surface area contributed by atoms with Gasteiger partial charge < -0.3 is 10.8 Å². The number of phenolic OH excluding ortho intramolecular Hbond substituents is 1. The predicted molar refractivity (Wildman–Crippen MR) is 48.4 cm³/mol. The van der Waals surface area contributed by atoms with Crippen molar-refractivity contribution in [3.05, 3.63) is 28.2 Å². The summed E-state index contributed by atoms with van der Waals surface area (Å²) in [5.41, 5.74) is 6.66. The smallest absolute Gasteiger partial charge is 0.116 e. The zero-order valence-corrected chi connectivity index (χ0v) is 7.80. The Morgan fingerprint density at radius 2 is 2.18 bits per heavy atom. The molecule has 1 aromatic rings. The number of phenols is 1. The summed E-state index contributed by atoms with van der Waals surface area (Å²) in [4.78, 5) is 0. The maximum absolute atomic E-state index is 9.05. The Balaban J connectivity index is 3.09. The van der Waals surface area contributed by atoms with E-state index in [1.807, 2.05) is 13.0 Å². The first-order chi connectivity index (χ1) is 5.11. The van der Waals surface area contributed by atoms with Crippen LogP contribution in [0.1, 0.15) is 18.5 Å². The molecular formula is C8H10BrNO. The molecule has 0 fully saturated rings. The number of rotatable bonds is 1. The first kappa shape index (κ1) is 8.56. The highest BCUT2D eigenvalue weighted by Crippen LogP contribution is 2.25. The van der Waals surface area contributed by atoms with Gasteiger partial charge in [0.25, 0.3) is 0 Å². The molecule has 60 valence electrons. The van der Waals surface area contributed by atoms with Crippen molar-refractivity contribution in [2.45, 2.75) is 13.0 Å². The van der Waals surface area contributed by atoms with E-state index in [4.69, 9.17) is 10.8 Å². The van der Waals surface area contributed by atoms with Crippen LogP contribution in [0.3, 0.4) is 0 Å². The molecule has 1 aromatic carbocycles. The second-order valence-electron chi connectivity index (χ2n) is 2.49. The summed E-state index contributed by atoms with van der Waals surface area (Å²) in [6.07, 6.45) is 0. The topological polar surface area (TPSA) is 46.2 Å². The van der Waals surface area contributed by atoms with Crippen molar-refractivity contribution >= 4 is 15.9 Å². The number of benzene rings is 1. The molecule has 3 heteroatoms. The minimum atomic E-state index is -0.00928. The molecule has 1 rings (SSSR count). The fraction of sp³-hybridized carbons (Fsp3) is 0.250. The average Bonchev–Trinajstić information content (AvgIpc) is 1.85. The van der Waals surface area contributed by atoms with Gasteiger partial charge in [-0.1, -0.05) is 22.0 Å². The van der Waals surface area contributed by atoms with Crippen molar-refractivity contribution in [1.29, 1.82) is 0 Å². The van der Waals surface area contributed by atoms with E-state index in [0.717, 1.165) is 10.0 Å². The summed E-state index contributed by atoms with van der Waals surface area (Å²) < 4.78 is 0.854. The molecule has 0 bridgehead atoms. The second kappa shape index (κ2) is 3.24. The first-order valence-corrected chi connectivity index (χ1v) is 4.14. The standard InChI is InChI=1S/C8H10BrNO/c1-5(10)7-3-2-6(11)4-8(7)9/h2-5,11H,10H2,1H3. The van der Waals surface area contributed by atoms with Crippen LogP contribution < -0.4 is 5.73 Å². The van der Waals surface area contributed by atoms with Crippen LogP contribution in [0.2, 0.25) is 0 Å². The largest absolute Gasteiger partial charge is 0.508 e. The average molecular weight is 216 g/mol. The molecule has 1 atom stereocenters. The fourth-order valence-electron chi connectivity index (χ4n) is 0.885. The van der Waals surface area contributed by atoms with Crippen LogP contribution in [-0.4, -0.2) is 5.11 Å². The van der Waals surface area contributed by atoms with Crippen LogP contribution in [0.25, 0.3) is 0 Å². The Hall–Kier alpha value is -0.540. The molecule has 0 radical (unpaired) electrons. The van der Waals surface area contributed by atoms with Gasteiger partial charge >= 0.3 is 0 Å². The van der Waals surface area contributed by atoms with E-state index < -0.39 is 0 Å². The van der Waals surface area contributed by atoms with Crippen LogP contribution in [0.15, 0.2) is 22.7 Å². The summed E-state index contributed by atoms with van der Waals surface area (Å²) in [5.74, 6) is 0.251. The Morgan fingerprint density at radius 3 is 2.64 bits per heavy atom. The van der Waals surface area contributed by atoms with Crippen molar-refractivity contribution in [2.24, 2.45) is 5.73 Å². The molecule has 0 saturated carbocycles. The van der Waals surface area contributed by atoms with Gasteiger partial charge in [-0.3, -0.25) is 0 Å². The van der Waals surface area contributed by atoms with E-state index in [1.165, 1.54) is 0 Å². The summed E-state index contributed by atoms with van der Waals surface area (Å²) in [6, 6.07) is 5.07.